The smallest absolute Gasteiger partial charge is 0.267 e. The summed E-state index contributed by atoms with van der Waals surface area (Å²) in [4.78, 5) is 20.5. The van der Waals surface area contributed by atoms with Gasteiger partial charge in [0.25, 0.3) is 5.91 Å². The van der Waals surface area contributed by atoms with E-state index in [0.29, 0.717) is 6.04 Å². The van der Waals surface area contributed by atoms with Crippen LogP contribution < -0.4 is 0 Å². The highest BCUT2D eigenvalue weighted by Gasteiger charge is 2.30. The molecule has 0 aromatic carbocycles. The minimum Gasteiger partial charge on any atom is -0.338 e. The molecule has 2 saturated heterocycles. The molecule has 0 radical (unpaired) electrons. The molecule has 23 heavy (non-hydrogen) atoms. The maximum Gasteiger partial charge on any atom is 0.267 e. The molecule has 3 heterocycles. The average molecular weight is 337 g/mol. The van der Waals surface area contributed by atoms with Crippen molar-refractivity contribution in [3.63, 3.8) is 0 Å². The minimum absolute atomic E-state index is 0.131. The molecule has 1 aromatic heterocycles. The predicted octanol–water partition coefficient (Wildman–Crippen LogP) is 1.34. The van der Waals surface area contributed by atoms with E-state index >= 15 is 0 Å². The molecule has 1 aromatic rings. The van der Waals surface area contributed by atoms with E-state index in [1.807, 2.05) is 11.8 Å². The number of likely N-dealkylation sites (N-methyl/N-ethyl adjacent to an activating group) is 1. The van der Waals surface area contributed by atoms with Crippen LogP contribution in [0.4, 0.5) is 0 Å². The zero-order chi connectivity index (χ0) is 16.2. The van der Waals surface area contributed by atoms with Crippen LogP contribution in [0, 0.1) is 0 Å². The zero-order valence-corrected chi connectivity index (χ0v) is 15.0. The molecular weight excluding hydrogens is 310 g/mol. The first-order chi connectivity index (χ1) is 11.2. The van der Waals surface area contributed by atoms with Gasteiger partial charge in [0.15, 0.2) is 0 Å². The second kappa shape index (κ2) is 7.68. The van der Waals surface area contributed by atoms with Crippen LogP contribution in [0.25, 0.3) is 0 Å². The molecule has 128 valence electrons. The van der Waals surface area contributed by atoms with Gasteiger partial charge in [-0.15, -0.1) is 5.10 Å². The molecule has 0 spiro atoms. The number of aromatic nitrogens is 2. The summed E-state index contributed by atoms with van der Waals surface area (Å²) in [6, 6.07) is 0.642. The number of piperidine rings is 1. The van der Waals surface area contributed by atoms with Gasteiger partial charge < -0.3 is 9.80 Å². The van der Waals surface area contributed by atoms with Crippen LogP contribution in [0.15, 0.2) is 0 Å². The van der Waals surface area contributed by atoms with Crippen molar-refractivity contribution in [3.05, 3.63) is 10.6 Å². The molecule has 2 fully saturated rings. The number of hydrogen-bond donors (Lipinski definition) is 0. The summed E-state index contributed by atoms with van der Waals surface area (Å²) in [6.07, 6.45) is 2.95. The monoisotopic (exact) mass is 337 g/mol. The maximum absolute atomic E-state index is 12.6. The van der Waals surface area contributed by atoms with Crippen molar-refractivity contribution in [2.24, 2.45) is 0 Å². The lowest BCUT2D eigenvalue weighted by Gasteiger charge is -2.42. The largest absolute Gasteiger partial charge is 0.338 e. The predicted molar refractivity (Wildman–Crippen MR) is 91.9 cm³/mol. The van der Waals surface area contributed by atoms with E-state index in [1.54, 1.807) is 0 Å². The molecule has 0 atom stereocenters. The van der Waals surface area contributed by atoms with Gasteiger partial charge in [-0.3, -0.25) is 9.69 Å². The van der Waals surface area contributed by atoms with Crippen LogP contribution >= 0.6 is 11.5 Å². The van der Waals surface area contributed by atoms with E-state index in [0.717, 1.165) is 49.5 Å². The Morgan fingerprint density at radius 3 is 2.43 bits per heavy atom. The molecule has 0 bridgehead atoms. The normalized spacial score (nSPS) is 21.7. The third-order valence-corrected chi connectivity index (χ3v) is 5.96. The van der Waals surface area contributed by atoms with Gasteiger partial charge in [0, 0.05) is 45.3 Å². The summed E-state index contributed by atoms with van der Waals surface area (Å²) in [7, 11) is 0. The van der Waals surface area contributed by atoms with Crippen molar-refractivity contribution in [2.45, 2.75) is 39.2 Å². The van der Waals surface area contributed by atoms with Crippen LogP contribution in [0.5, 0.6) is 0 Å². The molecule has 2 aliphatic rings. The van der Waals surface area contributed by atoms with Gasteiger partial charge in [-0.25, -0.2) is 0 Å². The molecule has 0 N–H and O–H groups in total. The summed E-state index contributed by atoms with van der Waals surface area (Å²) in [5.41, 5.74) is 0.845. The van der Waals surface area contributed by atoms with Crippen molar-refractivity contribution in [2.75, 3.05) is 45.8 Å². The van der Waals surface area contributed by atoms with Crippen molar-refractivity contribution < 1.29 is 4.79 Å². The van der Waals surface area contributed by atoms with E-state index in [1.165, 1.54) is 37.7 Å². The summed E-state index contributed by atoms with van der Waals surface area (Å²) < 4.78 is 3.94. The van der Waals surface area contributed by atoms with Gasteiger partial charge in [-0.05, 0) is 37.3 Å². The van der Waals surface area contributed by atoms with Crippen LogP contribution in [0.3, 0.4) is 0 Å². The summed E-state index contributed by atoms with van der Waals surface area (Å²) in [6.45, 7) is 11.8. The SMILES string of the molecule is CCc1nnsc1C(=O)N1CCC(N2CCN(CC)CC2)CC1. The van der Waals surface area contributed by atoms with Crippen LogP contribution in [0.1, 0.15) is 42.1 Å². The first-order valence-corrected chi connectivity index (χ1v) is 9.57. The fraction of sp³-hybridized carbons (Fsp3) is 0.812. The van der Waals surface area contributed by atoms with Gasteiger partial charge in [-0.2, -0.15) is 0 Å². The average Bonchev–Trinajstić information content (AvgIpc) is 3.10. The maximum atomic E-state index is 12.6. The zero-order valence-electron chi connectivity index (χ0n) is 14.2. The quantitative estimate of drug-likeness (QED) is 0.830. The van der Waals surface area contributed by atoms with E-state index < -0.39 is 0 Å². The van der Waals surface area contributed by atoms with Crippen molar-refractivity contribution in [3.8, 4) is 0 Å². The molecule has 2 aliphatic heterocycles. The minimum atomic E-state index is 0.131. The molecule has 0 aliphatic carbocycles. The highest BCUT2D eigenvalue weighted by atomic mass is 32.1. The Labute approximate surface area is 142 Å². The van der Waals surface area contributed by atoms with Crippen molar-refractivity contribution >= 4 is 17.4 Å². The van der Waals surface area contributed by atoms with Crippen LogP contribution in [-0.4, -0.2) is 82.0 Å². The first kappa shape index (κ1) is 16.8. The van der Waals surface area contributed by atoms with Gasteiger partial charge in [0.2, 0.25) is 0 Å². The summed E-state index contributed by atoms with van der Waals surface area (Å²) in [5.74, 6) is 0.131. The number of carbonyl (C=O) groups is 1. The number of likely N-dealkylation sites (tertiary alicyclic amines) is 1. The Hall–Kier alpha value is -1.05. The first-order valence-electron chi connectivity index (χ1n) is 8.79. The lowest BCUT2D eigenvalue weighted by atomic mass is 10.0. The number of nitrogens with zero attached hydrogens (tertiary/aromatic N) is 5. The molecule has 6 nitrogen and oxygen atoms in total. The summed E-state index contributed by atoms with van der Waals surface area (Å²) in [5, 5.41) is 4.06. The Morgan fingerprint density at radius 2 is 1.83 bits per heavy atom. The van der Waals surface area contributed by atoms with E-state index in [9.17, 15) is 4.79 Å². The number of carbonyl (C=O) groups excluding carboxylic acids is 1. The van der Waals surface area contributed by atoms with E-state index in [2.05, 4.69) is 26.3 Å². The Kier molecular flexibility index (Phi) is 5.61. The fourth-order valence-corrected chi connectivity index (χ4v) is 4.34. The highest BCUT2D eigenvalue weighted by molar-refractivity contribution is 7.08. The Bertz CT molecular complexity index is 518. The van der Waals surface area contributed by atoms with Gasteiger partial charge in [0.1, 0.15) is 4.88 Å². The number of piperazine rings is 1. The molecule has 0 saturated carbocycles. The molecule has 0 unspecified atom stereocenters. The number of rotatable bonds is 4. The van der Waals surface area contributed by atoms with E-state index in [-0.39, 0.29) is 5.91 Å². The van der Waals surface area contributed by atoms with Gasteiger partial charge in [-0.1, -0.05) is 18.3 Å². The molecule has 3 rings (SSSR count). The van der Waals surface area contributed by atoms with Crippen LogP contribution in [0.2, 0.25) is 0 Å². The lowest BCUT2D eigenvalue weighted by molar-refractivity contribution is 0.0492. The molecule has 1 amide bonds. The Morgan fingerprint density at radius 1 is 1.13 bits per heavy atom. The third kappa shape index (κ3) is 3.72. The van der Waals surface area contributed by atoms with Crippen molar-refractivity contribution in [1.29, 1.82) is 0 Å². The van der Waals surface area contributed by atoms with Crippen molar-refractivity contribution in [1.82, 2.24) is 24.3 Å². The standard InChI is InChI=1S/C16H27N5OS/c1-3-14-15(23-18-17-14)16(22)21-7-5-13(6-8-21)20-11-9-19(4-2)10-12-20/h13H,3-12H2,1-2H3. The second-order valence-electron chi connectivity index (χ2n) is 6.40. The van der Waals surface area contributed by atoms with E-state index in [4.69, 9.17) is 0 Å². The topological polar surface area (TPSA) is 52.6 Å². The lowest BCUT2D eigenvalue weighted by Crippen LogP contribution is -2.53. The highest BCUT2D eigenvalue weighted by Crippen LogP contribution is 2.22. The third-order valence-electron chi connectivity index (χ3n) is 5.21. The Balaban J connectivity index is 1.51. The molecule has 7 heteroatoms. The number of amides is 1. The number of aryl methyl sites for hydroxylation is 1. The fourth-order valence-electron chi connectivity index (χ4n) is 3.62. The van der Waals surface area contributed by atoms with Gasteiger partial charge in [0.05, 0.1) is 5.69 Å². The van der Waals surface area contributed by atoms with Crippen LogP contribution in [-0.2, 0) is 6.42 Å². The van der Waals surface area contributed by atoms with Gasteiger partial charge >= 0.3 is 0 Å². The summed E-state index contributed by atoms with van der Waals surface area (Å²) >= 11 is 1.24. The second-order valence-corrected chi connectivity index (χ2v) is 7.15. The molecular formula is C16H27N5OS. The number of hydrogen-bond acceptors (Lipinski definition) is 6.